The molecule has 4 heteroatoms. The Bertz CT molecular complexity index is 378. The van der Waals surface area contributed by atoms with Crippen LogP contribution < -0.4 is 5.32 Å². The summed E-state index contributed by atoms with van der Waals surface area (Å²) in [5, 5.41) is 21.7. The van der Waals surface area contributed by atoms with Crippen molar-refractivity contribution in [2.45, 2.75) is 32.2 Å². The smallest absolute Gasteiger partial charge is 0.255 e. The van der Waals surface area contributed by atoms with Crippen molar-refractivity contribution in [2.24, 2.45) is 0 Å². The highest BCUT2D eigenvalue weighted by molar-refractivity contribution is 5.97. The fourth-order valence-electron chi connectivity index (χ4n) is 1.66. The van der Waals surface area contributed by atoms with Crippen LogP contribution in [0.1, 0.15) is 37.0 Å². The minimum absolute atomic E-state index is 0.0518. The van der Waals surface area contributed by atoms with Gasteiger partial charge in [-0.15, -0.1) is 0 Å². The lowest BCUT2D eigenvalue weighted by Crippen LogP contribution is -2.50. The molecule has 0 aromatic heterocycles. The highest BCUT2D eigenvalue weighted by Crippen LogP contribution is 2.19. The maximum atomic E-state index is 12.0. The zero-order valence-electron chi connectivity index (χ0n) is 10.2. The second-order valence-corrected chi connectivity index (χ2v) is 4.12. The first kappa shape index (κ1) is 13.5. The molecular weight excluding hydrogens is 218 g/mol. The summed E-state index contributed by atoms with van der Waals surface area (Å²) in [6.45, 7) is 3.70. The number of amides is 1. The van der Waals surface area contributed by atoms with Gasteiger partial charge < -0.3 is 15.5 Å². The summed E-state index contributed by atoms with van der Waals surface area (Å²) in [5.41, 5.74) is -0.383. The van der Waals surface area contributed by atoms with E-state index in [-0.39, 0.29) is 23.8 Å². The van der Waals surface area contributed by atoms with E-state index in [0.29, 0.717) is 12.8 Å². The molecule has 0 radical (unpaired) electrons. The molecule has 0 unspecified atom stereocenters. The van der Waals surface area contributed by atoms with E-state index in [1.165, 1.54) is 6.07 Å². The maximum absolute atomic E-state index is 12.0. The van der Waals surface area contributed by atoms with Gasteiger partial charge in [0.2, 0.25) is 0 Å². The minimum atomic E-state index is -0.612. The number of aliphatic hydroxyl groups is 1. The van der Waals surface area contributed by atoms with Crippen LogP contribution in [0.15, 0.2) is 24.3 Å². The molecular formula is C13H19NO3. The molecule has 1 amide bonds. The van der Waals surface area contributed by atoms with Crippen molar-refractivity contribution in [3.63, 3.8) is 0 Å². The van der Waals surface area contributed by atoms with E-state index in [9.17, 15) is 15.0 Å². The van der Waals surface area contributed by atoms with E-state index in [1.54, 1.807) is 18.2 Å². The molecule has 0 aliphatic heterocycles. The SMILES string of the molecule is CCC(CC)(CO)NC(=O)c1ccccc1O. The average Bonchev–Trinajstić information content (AvgIpc) is 2.36. The molecule has 94 valence electrons. The Hall–Kier alpha value is -1.55. The molecule has 0 heterocycles. The lowest BCUT2D eigenvalue weighted by atomic mass is 9.93. The van der Waals surface area contributed by atoms with Crippen molar-refractivity contribution in [1.82, 2.24) is 5.32 Å². The quantitative estimate of drug-likeness (QED) is 0.729. The van der Waals surface area contributed by atoms with Gasteiger partial charge in [-0.25, -0.2) is 0 Å². The summed E-state index contributed by atoms with van der Waals surface area (Å²) in [6, 6.07) is 6.36. The Balaban J connectivity index is 2.89. The average molecular weight is 237 g/mol. The van der Waals surface area contributed by atoms with E-state index in [2.05, 4.69) is 5.32 Å². The van der Waals surface area contributed by atoms with Gasteiger partial charge >= 0.3 is 0 Å². The summed E-state index contributed by atoms with van der Waals surface area (Å²) in [4.78, 5) is 12.0. The van der Waals surface area contributed by atoms with Crippen LogP contribution in [0.5, 0.6) is 5.75 Å². The van der Waals surface area contributed by atoms with E-state index in [1.807, 2.05) is 13.8 Å². The lowest BCUT2D eigenvalue weighted by molar-refractivity contribution is 0.0815. The second kappa shape index (κ2) is 5.68. The number of carbonyl (C=O) groups excluding carboxylic acids is 1. The Kier molecular flexibility index (Phi) is 4.52. The molecule has 0 aliphatic carbocycles. The standard InChI is InChI=1S/C13H19NO3/c1-3-13(4-2,9-15)14-12(17)10-7-5-6-8-11(10)16/h5-8,15-16H,3-4,9H2,1-2H3,(H,14,17). The third-order valence-corrected chi connectivity index (χ3v) is 3.18. The zero-order chi connectivity index (χ0) is 12.9. The number of benzene rings is 1. The maximum Gasteiger partial charge on any atom is 0.255 e. The van der Waals surface area contributed by atoms with Crippen LogP contribution >= 0.6 is 0 Å². The molecule has 0 aliphatic rings. The molecule has 1 rings (SSSR count). The van der Waals surface area contributed by atoms with Crippen LogP contribution in [-0.4, -0.2) is 28.3 Å². The van der Waals surface area contributed by atoms with Crippen molar-refractivity contribution < 1.29 is 15.0 Å². The predicted octanol–water partition coefficient (Wildman–Crippen LogP) is 1.67. The molecule has 1 aromatic carbocycles. The Morgan fingerprint density at radius 1 is 1.29 bits per heavy atom. The summed E-state index contributed by atoms with van der Waals surface area (Å²) in [5.74, 6) is -0.412. The van der Waals surface area contributed by atoms with Gasteiger partial charge in [0.05, 0.1) is 17.7 Å². The van der Waals surface area contributed by atoms with E-state index < -0.39 is 5.54 Å². The number of carbonyl (C=O) groups is 1. The van der Waals surface area contributed by atoms with Crippen LogP contribution in [0, 0.1) is 0 Å². The first-order chi connectivity index (χ1) is 8.08. The van der Waals surface area contributed by atoms with Crippen molar-refractivity contribution in [3.8, 4) is 5.75 Å². The van der Waals surface area contributed by atoms with E-state index >= 15 is 0 Å². The molecule has 1 aromatic rings. The lowest BCUT2D eigenvalue weighted by Gasteiger charge is -2.30. The van der Waals surface area contributed by atoms with Gasteiger partial charge in [0.25, 0.3) is 5.91 Å². The minimum Gasteiger partial charge on any atom is -0.507 e. The number of rotatable bonds is 5. The van der Waals surface area contributed by atoms with Crippen molar-refractivity contribution in [2.75, 3.05) is 6.61 Å². The van der Waals surface area contributed by atoms with Crippen molar-refractivity contribution in [3.05, 3.63) is 29.8 Å². The third-order valence-electron chi connectivity index (χ3n) is 3.18. The summed E-state index contributed by atoms with van der Waals surface area (Å²) >= 11 is 0. The molecule has 3 N–H and O–H groups in total. The monoisotopic (exact) mass is 237 g/mol. The molecule has 0 fully saturated rings. The van der Waals surface area contributed by atoms with Gasteiger partial charge in [0.15, 0.2) is 0 Å². The predicted molar refractivity (Wildman–Crippen MR) is 66.0 cm³/mol. The molecule has 0 saturated carbocycles. The Morgan fingerprint density at radius 3 is 2.35 bits per heavy atom. The molecule has 0 bridgehead atoms. The second-order valence-electron chi connectivity index (χ2n) is 4.12. The van der Waals surface area contributed by atoms with Crippen LogP contribution in [-0.2, 0) is 0 Å². The number of para-hydroxylation sites is 1. The van der Waals surface area contributed by atoms with Crippen LogP contribution in [0.25, 0.3) is 0 Å². The van der Waals surface area contributed by atoms with Gasteiger partial charge in [-0.3, -0.25) is 4.79 Å². The Morgan fingerprint density at radius 2 is 1.88 bits per heavy atom. The summed E-state index contributed by atoms with van der Waals surface area (Å²) in [7, 11) is 0. The molecule has 0 spiro atoms. The van der Waals surface area contributed by atoms with E-state index in [0.717, 1.165) is 0 Å². The Labute approximate surface area is 101 Å². The van der Waals surface area contributed by atoms with Crippen LogP contribution in [0.2, 0.25) is 0 Å². The number of phenols is 1. The number of hydrogen-bond acceptors (Lipinski definition) is 3. The fraction of sp³-hybridized carbons (Fsp3) is 0.462. The third kappa shape index (κ3) is 2.97. The zero-order valence-corrected chi connectivity index (χ0v) is 10.2. The van der Waals surface area contributed by atoms with E-state index in [4.69, 9.17) is 0 Å². The fourth-order valence-corrected chi connectivity index (χ4v) is 1.66. The van der Waals surface area contributed by atoms with Crippen LogP contribution in [0.4, 0.5) is 0 Å². The molecule has 0 saturated heterocycles. The molecule has 0 atom stereocenters. The number of aromatic hydroxyl groups is 1. The highest BCUT2D eigenvalue weighted by atomic mass is 16.3. The van der Waals surface area contributed by atoms with Gasteiger partial charge in [-0.1, -0.05) is 26.0 Å². The topological polar surface area (TPSA) is 69.6 Å². The largest absolute Gasteiger partial charge is 0.507 e. The number of aliphatic hydroxyl groups excluding tert-OH is 1. The molecule has 17 heavy (non-hydrogen) atoms. The first-order valence-electron chi connectivity index (χ1n) is 5.80. The normalized spacial score (nSPS) is 11.2. The summed E-state index contributed by atoms with van der Waals surface area (Å²) < 4.78 is 0. The van der Waals surface area contributed by atoms with Crippen molar-refractivity contribution in [1.29, 1.82) is 0 Å². The van der Waals surface area contributed by atoms with Gasteiger partial charge in [0.1, 0.15) is 5.75 Å². The van der Waals surface area contributed by atoms with Gasteiger partial charge in [-0.05, 0) is 25.0 Å². The number of nitrogens with one attached hydrogen (secondary N) is 1. The molecule has 4 nitrogen and oxygen atoms in total. The van der Waals surface area contributed by atoms with Crippen molar-refractivity contribution >= 4 is 5.91 Å². The highest BCUT2D eigenvalue weighted by Gasteiger charge is 2.28. The summed E-state index contributed by atoms with van der Waals surface area (Å²) in [6.07, 6.45) is 1.28. The number of phenolic OH excluding ortho intramolecular Hbond substituents is 1. The number of hydrogen-bond donors (Lipinski definition) is 3. The first-order valence-corrected chi connectivity index (χ1v) is 5.80. The van der Waals surface area contributed by atoms with Gasteiger partial charge in [-0.2, -0.15) is 0 Å². The van der Waals surface area contributed by atoms with Crippen LogP contribution in [0.3, 0.4) is 0 Å². The van der Waals surface area contributed by atoms with Gasteiger partial charge in [0, 0.05) is 0 Å².